The molecule has 1 unspecified atom stereocenters. The summed E-state index contributed by atoms with van der Waals surface area (Å²) >= 11 is 1.52. The maximum atomic E-state index is 12.3. The third-order valence-electron chi connectivity index (χ3n) is 2.92. The number of hydrogen-bond acceptors (Lipinski definition) is 4. The number of alkyl halides is 3. The summed E-state index contributed by atoms with van der Waals surface area (Å²) in [6.45, 7) is 3.79. The Morgan fingerprint density at radius 3 is 2.52 bits per heavy atom. The van der Waals surface area contributed by atoms with E-state index in [1.807, 2.05) is 13.8 Å². The lowest BCUT2D eigenvalue weighted by Gasteiger charge is -2.17. The zero-order chi connectivity index (χ0) is 15.6. The molecule has 0 aliphatic carbocycles. The third kappa shape index (κ3) is 3.95. The summed E-state index contributed by atoms with van der Waals surface area (Å²) in [5.74, 6) is -0.223. The number of halogens is 3. The summed E-state index contributed by atoms with van der Waals surface area (Å²) in [6, 6.07) is 5.77. The van der Waals surface area contributed by atoms with Crippen molar-refractivity contribution in [1.29, 1.82) is 0 Å². The van der Waals surface area contributed by atoms with E-state index in [1.54, 1.807) is 19.2 Å². The van der Waals surface area contributed by atoms with Crippen molar-refractivity contribution in [2.24, 2.45) is 0 Å². The van der Waals surface area contributed by atoms with E-state index in [0.717, 1.165) is 15.6 Å². The number of thiazole rings is 1. The second-order valence-electron chi connectivity index (χ2n) is 4.52. The molecule has 2 aromatic rings. The van der Waals surface area contributed by atoms with Crippen molar-refractivity contribution in [3.05, 3.63) is 45.4 Å². The molecule has 7 heteroatoms. The molecular formula is C14H15F3N2OS. The molecule has 2 rings (SSSR count). The molecule has 1 aromatic heterocycles. The van der Waals surface area contributed by atoms with Crippen LogP contribution in [0.5, 0.6) is 5.75 Å². The minimum Gasteiger partial charge on any atom is -0.406 e. The monoisotopic (exact) mass is 316 g/mol. The summed E-state index contributed by atoms with van der Waals surface area (Å²) < 4.78 is 40.9. The van der Waals surface area contributed by atoms with Gasteiger partial charge < -0.3 is 10.1 Å². The van der Waals surface area contributed by atoms with Crippen LogP contribution < -0.4 is 10.1 Å². The molecule has 1 heterocycles. The average molecular weight is 316 g/mol. The highest BCUT2D eigenvalue weighted by molar-refractivity contribution is 7.11. The van der Waals surface area contributed by atoms with Crippen molar-refractivity contribution in [2.75, 3.05) is 7.05 Å². The van der Waals surface area contributed by atoms with E-state index in [9.17, 15) is 13.2 Å². The Morgan fingerprint density at radius 2 is 2.00 bits per heavy atom. The fourth-order valence-corrected chi connectivity index (χ4v) is 3.22. The van der Waals surface area contributed by atoms with Gasteiger partial charge in [0.2, 0.25) is 0 Å². The Kier molecular flexibility index (Phi) is 4.53. The standard InChI is InChI=1S/C14H15F3N2OS/c1-8-13(21-9(2)19-8)12(18-3)10-5-4-6-11(7-10)20-14(15,16)17/h4-7,12,18H,1-3H3. The molecule has 3 nitrogen and oxygen atoms in total. The van der Waals surface area contributed by atoms with Crippen molar-refractivity contribution in [3.63, 3.8) is 0 Å². The normalized spacial score (nSPS) is 13.2. The van der Waals surface area contributed by atoms with Crippen molar-refractivity contribution in [3.8, 4) is 5.75 Å². The van der Waals surface area contributed by atoms with E-state index in [4.69, 9.17) is 0 Å². The van der Waals surface area contributed by atoms with Crippen LogP contribution >= 0.6 is 11.3 Å². The van der Waals surface area contributed by atoms with E-state index >= 15 is 0 Å². The number of rotatable bonds is 4. The van der Waals surface area contributed by atoms with Crippen LogP contribution in [0.15, 0.2) is 24.3 Å². The lowest BCUT2D eigenvalue weighted by molar-refractivity contribution is -0.274. The average Bonchev–Trinajstić information content (AvgIpc) is 2.68. The molecule has 1 atom stereocenters. The molecule has 1 aromatic carbocycles. The van der Waals surface area contributed by atoms with Crippen LogP contribution in [0.2, 0.25) is 0 Å². The molecule has 0 radical (unpaired) electrons. The summed E-state index contributed by atoms with van der Waals surface area (Å²) in [5, 5.41) is 4.03. The van der Waals surface area contributed by atoms with Gasteiger partial charge in [-0.15, -0.1) is 24.5 Å². The van der Waals surface area contributed by atoms with Gasteiger partial charge in [-0.2, -0.15) is 0 Å². The highest BCUT2D eigenvalue weighted by Crippen LogP contribution is 2.32. The first-order valence-corrected chi connectivity index (χ1v) is 7.08. The third-order valence-corrected chi connectivity index (χ3v) is 4.05. The van der Waals surface area contributed by atoms with Gasteiger partial charge in [0.05, 0.1) is 16.7 Å². The van der Waals surface area contributed by atoms with Gasteiger partial charge in [-0.05, 0) is 38.6 Å². The van der Waals surface area contributed by atoms with Crippen molar-refractivity contribution in [2.45, 2.75) is 26.3 Å². The smallest absolute Gasteiger partial charge is 0.406 e. The maximum absolute atomic E-state index is 12.3. The Labute approximate surface area is 124 Å². The second kappa shape index (κ2) is 6.03. The van der Waals surface area contributed by atoms with Crippen LogP contribution in [-0.4, -0.2) is 18.4 Å². The summed E-state index contributed by atoms with van der Waals surface area (Å²) in [4.78, 5) is 5.34. The van der Waals surface area contributed by atoms with Crippen molar-refractivity contribution in [1.82, 2.24) is 10.3 Å². The Balaban J connectivity index is 2.35. The largest absolute Gasteiger partial charge is 0.573 e. The van der Waals surface area contributed by atoms with Crippen LogP contribution in [0.1, 0.15) is 27.2 Å². The molecule has 0 aliphatic heterocycles. The lowest BCUT2D eigenvalue weighted by atomic mass is 10.0. The molecule has 0 aliphatic rings. The Hall–Kier alpha value is -1.60. The lowest BCUT2D eigenvalue weighted by Crippen LogP contribution is -2.19. The number of ether oxygens (including phenoxy) is 1. The van der Waals surface area contributed by atoms with Crippen LogP contribution in [0.4, 0.5) is 13.2 Å². The molecule has 0 amide bonds. The van der Waals surface area contributed by atoms with Crippen molar-refractivity contribution >= 4 is 11.3 Å². The Bertz CT molecular complexity index is 625. The van der Waals surface area contributed by atoms with Gasteiger partial charge in [0, 0.05) is 4.88 Å². The molecular weight excluding hydrogens is 301 g/mol. The first-order chi connectivity index (χ1) is 9.80. The predicted octanol–water partition coefficient (Wildman–Crippen LogP) is 3.97. The molecule has 114 valence electrons. The van der Waals surface area contributed by atoms with Gasteiger partial charge in [-0.3, -0.25) is 0 Å². The zero-order valence-corrected chi connectivity index (χ0v) is 12.6. The van der Waals surface area contributed by atoms with Gasteiger partial charge in [-0.1, -0.05) is 12.1 Å². The minimum atomic E-state index is -4.69. The zero-order valence-electron chi connectivity index (χ0n) is 11.8. The minimum absolute atomic E-state index is 0.215. The molecule has 0 bridgehead atoms. The summed E-state index contributed by atoms with van der Waals surface area (Å²) in [7, 11) is 1.76. The van der Waals surface area contributed by atoms with Gasteiger partial charge in [0.1, 0.15) is 5.75 Å². The Morgan fingerprint density at radius 1 is 1.29 bits per heavy atom. The molecule has 0 fully saturated rings. The number of benzene rings is 1. The van der Waals surface area contributed by atoms with E-state index in [1.165, 1.54) is 23.5 Å². The first-order valence-electron chi connectivity index (χ1n) is 6.27. The second-order valence-corrected chi connectivity index (χ2v) is 5.76. The maximum Gasteiger partial charge on any atom is 0.573 e. The quantitative estimate of drug-likeness (QED) is 0.927. The first kappa shape index (κ1) is 15.8. The van der Waals surface area contributed by atoms with E-state index in [-0.39, 0.29) is 11.8 Å². The van der Waals surface area contributed by atoms with Crippen LogP contribution in [0, 0.1) is 13.8 Å². The summed E-state index contributed by atoms with van der Waals surface area (Å²) in [6.07, 6.45) is -4.69. The van der Waals surface area contributed by atoms with E-state index in [0.29, 0.717) is 5.56 Å². The fraction of sp³-hybridized carbons (Fsp3) is 0.357. The number of hydrogen-bond donors (Lipinski definition) is 1. The number of nitrogens with one attached hydrogen (secondary N) is 1. The topological polar surface area (TPSA) is 34.1 Å². The molecule has 0 saturated carbocycles. The van der Waals surface area contributed by atoms with Gasteiger partial charge >= 0.3 is 6.36 Å². The van der Waals surface area contributed by atoms with Crippen LogP contribution in [0.3, 0.4) is 0 Å². The van der Waals surface area contributed by atoms with Crippen molar-refractivity contribution < 1.29 is 17.9 Å². The summed E-state index contributed by atoms with van der Waals surface area (Å²) in [5.41, 5.74) is 1.57. The van der Waals surface area contributed by atoms with Gasteiger partial charge in [0.25, 0.3) is 0 Å². The van der Waals surface area contributed by atoms with E-state index < -0.39 is 6.36 Å². The SMILES string of the molecule is CNC(c1cccc(OC(F)(F)F)c1)c1sc(C)nc1C. The molecule has 1 N–H and O–H groups in total. The van der Waals surface area contributed by atoms with E-state index in [2.05, 4.69) is 15.0 Å². The van der Waals surface area contributed by atoms with Gasteiger partial charge in [-0.25, -0.2) is 4.98 Å². The predicted molar refractivity (Wildman–Crippen MR) is 75.6 cm³/mol. The fourth-order valence-electron chi connectivity index (χ4n) is 2.16. The molecule has 0 saturated heterocycles. The van der Waals surface area contributed by atoms with Gasteiger partial charge in [0.15, 0.2) is 0 Å². The highest BCUT2D eigenvalue weighted by atomic mass is 32.1. The van der Waals surface area contributed by atoms with Crippen LogP contribution in [0.25, 0.3) is 0 Å². The van der Waals surface area contributed by atoms with Crippen LogP contribution in [-0.2, 0) is 0 Å². The number of aryl methyl sites for hydroxylation is 2. The number of nitrogens with zero attached hydrogens (tertiary/aromatic N) is 1. The molecule has 21 heavy (non-hydrogen) atoms. The molecule has 0 spiro atoms. The highest BCUT2D eigenvalue weighted by Gasteiger charge is 2.31. The number of aromatic nitrogens is 1.